The Kier molecular flexibility index (Phi) is 4.26. The van der Waals surface area contributed by atoms with Crippen molar-refractivity contribution in [3.63, 3.8) is 0 Å². The molecular weight excluding hydrogens is 315 g/mol. The van der Waals surface area contributed by atoms with Crippen LogP contribution in [0.2, 0.25) is 0 Å². The Hall–Kier alpha value is -1.76. The first-order chi connectivity index (χ1) is 9.09. The fraction of sp³-hybridized carbons (Fsp3) is 0.250. The molecule has 0 unspecified atom stereocenters. The minimum Gasteiger partial charge on any atom is -0.351 e. The SMILES string of the molecule is Cn1cnnc1CCNC(=O)c1cccc(Br)c1F. The Labute approximate surface area is 118 Å². The Morgan fingerprint density at radius 2 is 2.32 bits per heavy atom. The number of hydrogen-bond donors (Lipinski definition) is 1. The molecule has 1 N–H and O–H groups in total. The van der Waals surface area contributed by atoms with Gasteiger partial charge < -0.3 is 9.88 Å². The van der Waals surface area contributed by atoms with Gasteiger partial charge in [-0.05, 0) is 28.1 Å². The summed E-state index contributed by atoms with van der Waals surface area (Å²) < 4.78 is 15.7. The van der Waals surface area contributed by atoms with Gasteiger partial charge in [-0.2, -0.15) is 0 Å². The topological polar surface area (TPSA) is 59.8 Å². The maximum atomic E-state index is 13.7. The average molecular weight is 327 g/mol. The zero-order valence-corrected chi connectivity index (χ0v) is 11.8. The van der Waals surface area contributed by atoms with Crippen LogP contribution < -0.4 is 5.32 Å². The smallest absolute Gasteiger partial charge is 0.254 e. The number of aryl methyl sites for hydroxylation is 1. The second-order valence-corrected chi connectivity index (χ2v) is 4.82. The lowest BCUT2D eigenvalue weighted by Gasteiger charge is -2.06. The van der Waals surface area contributed by atoms with Crippen LogP contribution in [0.15, 0.2) is 29.0 Å². The van der Waals surface area contributed by atoms with Crippen LogP contribution in [0.4, 0.5) is 4.39 Å². The number of rotatable bonds is 4. The van der Waals surface area contributed by atoms with Crippen LogP contribution in [0.25, 0.3) is 0 Å². The lowest BCUT2D eigenvalue weighted by molar-refractivity contribution is 0.0949. The van der Waals surface area contributed by atoms with Gasteiger partial charge in [0, 0.05) is 20.0 Å². The molecule has 0 saturated heterocycles. The third-order valence-electron chi connectivity index (χ3n) is 2.64. The molecular formula is C12H12BrFN4O. The number of carbonyl (C=O) groups is 1. The normalized spacial score (nSPS) is 10.5. The quantitative estimate of drug-likeness (QED) is 0.930. The molecule has 1 amide bonds. The molecule has 0 aliphatic heterocycles. The van der Waals surface area contributed by atoms with Gasteiger partial charge in [0.15, 0.2) is 0 Å². The minimum absolute atomic E-state index is 0.0207. The standard InChI is InChI=1S/C12H12BrFN4O/c1-18-7-16-17-10(18)5-6-15-12(19)8-3-2-4-9(13)11(8)14/h2-4,7H,5-6H2,1H3,(H,15,19). The van der Waals surface area contributed by atoms with Gasteiger partial charge in [-0.3, -0.25) is 4.79 Å². The molecule has 19 heavy (non-hydrogen) atoms. The van der Waals surface area contributed by atoms with Crippen molar-refractivity contribution in [2.45, 2.75) is 6.42 Å². The molecule has 1 aromatic heterocycles. The van der Waals surface area contributed by atoms with Crippen molar-refractivity contribution in [3.8, 4) is 0 Å². The van der Waals surface area contributed by atoms with Crippen LogP contribution in [0.3, 0.4) is 0 Å². The third-order valence-corrected chi connectivity index (χ3v) is 3.25. The van der Waals surface area contributed by atoms with E-state index in [1.165, 1.54) is 6.07 Å². The predicted octanol–water partition coefficient (Wildman–Crippen LogP) is 1.69. The zero-order valence-electron chi connectivity index (χ0n) is 10.2. The Morgan fingerprint density at radius 1 is 1.53 bits per heavy atom. The van der Waals surface area contributed by atoms with Gasteiger partial charge in [-0.1, -0.05) is 6.07 Å². The highest BCUT2D eigenvalue weighted by Gasteiger charge is 2.13. The molecule has 0 bridgehead atoms. The van der Waals surface area contributed by atoms with Crippen molar-refractivity contribution in [3.05, 3.63) is 46.2 Å². The maximum absolute atomic E-state index is 13.7. The molecule has 0 atom stereocenters. The van der Waals surface area contributed by atoms with Crippen molar-refractivity contribution in [2.75, 3.05) is 6.54 Å². The molecule has 1 aromatic carbocycles. The molecule has 0 spiro atoms. The highest BCUT2D eigenvalue weighted by atomic mass is 79.9. The van der Waals surface area contributed by atoms with Crippen LogP contribution in [0.1, 0.15) is 16.2 Å². The van der Waals surface area contributed by atoms with E-state index >= 15 is 0 Å². The lowest BCUT2D eigenvalue weighted by Crippen LogP contribution is -2.27. The van der Waals surface area contributed by atoms with E-state index in [0.717, 1.165) is 5.82 Å². The van der Waals surface area contributed by atoms with Crippen molar-refractivity contribution in [1.29, 1.82) is 0 Å². The minimum atomic E-state index is -0.557. The molecule has 5 nitrogen and oxygen atoms in total. The van der Waals surface area contributed by atoms with Crippen molar-refractivity contribution in [2.24, 2.45) is 7.05 Å². The van der Waals surface area contributed by atoms with E-state index in [0.29, 0.717) is 13.0 Å². The zero-order chi connectivity index (χ0) is 13.8. The number of benzene rings is 1. The Balaban J connectivity index is 1.95. The molecule has 7 heteroatoms. The molecule has 0 aliphatic rings. The summed E-state index contributed by atoms with van der Waals surface area (Å²) in [5.41, 5.74) is 0.0207. The first kappa shape index (κ1) is 13.7. The number of hydrogen-bond acceptors (Lipinski definition) is 3. The van der Waals surface area contributed by atoms with Crippen LogP contribution >= 0.6 is 15.9 Å². The summed E-state index contributed by atoms with van der Waals surface area (Å²) in [4.78, 5) is 11.8. The molecule has 2 aromatic rings. The van der Waals surface area contributed by atoms with E-state index < -0.39 is 11.7 Å². The molecule has 0 radical (unpaired) electrons. The van der Waals surface area contributed by atoms with E-state index in [1.54, 1.807) is 23.0 Å². The Morgan fingerprint density at radius 3 is 3.00 bits per heavy atom. The number of nitrogens with zero attached hydrogens (tertiary/aromatic N) is 3. The van der Waals surface area contributed by atoms with E-state index in [-0.39, 0.29) is 10.0 Å². The second-order valence-electron chi connectivity index (χ2n) is 3.97. The fourth-order valence-corrected chi connectivity index (χ4v) is 1.96. The summed E-state index contributed by atoms with van der Waals surface area (Å²) >= 11 is 3.05. The van der Waals surface area contributed by atoms with Gasteiger partial charge >= 0.3 is 0 Å². The highest BCUT2D eigenvalue weighted by molar-refractivity contribution is 9.10. The van der Waals surface area contributed by atoms with Gasteiger partial charge in [0.25, 0.3) is 5.91 Å². The number of nitrogens with one attached hydrogen (secondary N) is 1. The van der Waals surface area contributed by atoms with Crippen molar-refractivity contribution >= 4 is 21.8 Å². The summed E-state index contributed by atoms with van der Waals surface area (Å²) in [6.45, 7) is 0.372. The third kappa shape index (κ3) is 3.17. The van der Waals surface area contributed by atoms with E-state index in [9.17, 15) is 9.18 Å². The first-order valence-electron chi connectivity index (χ1n) is 5.64. The molecule has 0 aliphatic carbocycles. The monoisotopic (exact) mass is 326 g/mol. The van der Waals surface area contributed by atoms with Crippen molar-refractivity contribution < 1.29 is 9.18 Å². The van der Waals surface area contributed by atoms with Gasteiger partial charge in [-0.25, -0.2) is 4.39 Å². The van der Waals surface area contributed by atoms with E-state index in [4.69, 9.17) is 0 Å². The van der Waals surface area contributed by atoms with Crippen LogP contribution in [-0.4, -0.2) is 27.2 Å². The summed E-state index contributed by atoms with van der Waals surface area (Å²) in [5.74, 6) is -0.241. The Bertz CT molecular complexity index is 599. The molecule has 2 rings (SSSR count). The van der Waals surface area contributed by atoms with Crippen molar-refractivity contribution in [1.82, 2.24) is 20.1 Å². The fourth-order valence-electron chi connectivity index (χ4n) is 1.60. The molecule has 100 valence electrons. The number of halogens is 2. The van der Waals surface area contributed by atoms with Crippen LogP contribution in [0.5, 0.6) is 0 Å². The molecule has 0 saturated carbocycles. The number of carbonyl (C=O) groups excluding carboxylic acids is 1. The molecule has 0 fully saturated rings. The predicted molar refractivity (Wildman–Crippen MR) is 71.1 cm³/mol. The number of aromatic nitrogens is 3. The van der Waals surface area contributed by atoms with E-state index in [2.05, 4.69) is 31.4 Å². The summed E-state index contributed by atoms with van der Waals surface area (Å²) in [7, 11) is 1.82. The largest absolute Gasteiger partial charge is 0.351 e. The van der Waals surface area contributed by atoms with Crippen LogP contribution in [-0.2, 0) is 13.5 Å². The summed E-state index contributed by atoms with van der Waals surface area (Å²) in [6, 6.07) is 4.61. The number of amides is 1. The lowest BCUT2D eigenvalue weighted by atomic mass is 10.2. The van der Waals surface area contributed by atoms with Gasteiger partial charge in [-0.15, -0.1) is 10.2 Å². The van der Waals surface area contributed by atoms with Gasteiger partial charge in [0.1, 0.15) is 18.0 Å². The van der Waals surface area contributed by atoms with Gasteiger partial charge in [0.05, 0.1) is 10.0 Å². The first-order valence-corrected chi connectivity index (χ1v) is 6.44. The maximum Gasteiger partial charge on any atom is 0.254 e. The highest BCUT2D eigenvalue weighted by Crippen LogP contribution is 2.18. The summed E-state index contributed by atoms with van der Waals surface area (Å²) in [5, 5.41) is 10.3. The molecule has 1 heterocycles. The van der Waals surface area contributed by atoms with E-state index in [1.807, 2.05) is 7.05 Å². The van der Waals surface area contributed by atoms with Gasteiger partial charge in [0.2, 0.25) is 0 Å². The van der Waals surface area contributed by atoms with Crippen LogP contribution in [0, 0.1) is 5.82 Å². The average Bonchev–Trinajstić information content (AvgIpc) is 2.78. The summed E-state index contributed by atoms with van der Waals surface area (Å²) in [6.07, 6.45) is 2.13. The second kappa shape index (κ2) is 5.92.